The van der Waals surface area contributed by atoms with Crippen LogP contribution in [0.25, 0.3) is 5.69 Å². The van der Waals surface area contributed by atoms with Crippen molar-refractivity contribution in [3.63, 3.8) is 0 Å². The minimum absolute atomic E-state index is 0.227. The van der Waals surface area contributed by atoms with Gasteiger partial charge in [-0.15, -0.1) is 11.3 Å². The van der Waals surface area contributed by atoms with Crippen molar-refractivity contribution >= 4 is 11.3 Å². The molecule has 2 aromatic carbocycles. The Morgan fingerprint density at radius 1 is 1.07 bits per heavy atom. The first kappa shape index (κ1) is 19.1. The Morgan fingerprint density at radius 2 is 1.83 bits per heavy atom. The predicted octanol–water partition coefficient (Wildman–Crippen LogP) is 3.86. The SMILES string of the molecule is Cc1ncsc1Cc1ccc(-n2ncn(Cc3c(F)cccc3F)c2=O)cc1F. The summed E-state index contributed by atoms with van der Waals surface area (Å²) in [5.41, 5.74) is 2.40. The van der Waals surface area contributed by atoms with E-state index in [1.807, 2.05) is 6.92 Å². The van der Waals surface area contributed by atoms with Crippen LogP contribution in [0.3, 0.4) is 0 Å². The van der Waals surface area contributed by atoms with Crippen molar-refractivity contribution in [1.29, 1.82) is 0 Å². The highest BCUT2D eigenvalue weighted by Crippen LogP contribution is 2.21. The van der Waals surface area contributed by atoms with E-state index in [1.54, 1.807) is 17.6 Å². The van der Waals surface area contributed by atoms with Gasteiger partial charge in [-0.2, -0.15) is 9.78 Å². The van der Waals surface area contributed by atoms with Gasteiger partial charge in [-0.1, -0.05) is 12.1 Å². The number of aromatic nitrogens is 4. The molecule has 148 valence electrons. The number of hydrogen-bond acceptors (Lipinski definition) is 4. The van der Waals surface area contributed by atoms with Crippen LogP contribution in [0.5, 0.6) is 0 Å². The van der Waals surface area contributed by atoms with Crippen molar-refractivity contribution < 1.29 is 13.2 Å². The minimum atomic E-state index is -0.751. The minimum Gasteiger partial charge on any atom is -0.276 e. The highest BCUT2D eigenvalue weighted by atomic mass is 32.1. The molecule has 0 saturated heterocycles. The Labute approximate surface area is 167 Å². The molecular weight excluding hydrogens is 401 g/mol. The van der Waals surface area contributed by atoms with Crippen molar-refractivity contribution in [2.24, 2.45) is 0 Å². The monoisotopic (exact) mass is 416 g/mol. The molecule has 29 heavy (non-hydrogen) atoms. The molecule has 0 radical (unpaired) electrons. The second kappa shape index (κ2) is 7.67. The molecule has 4 aromatic rings. The highest BCUT2D eigenvalue weighted by molar-refractivity contribution is 7.09. The Hall–Kier alpha value is -3.20. The lowest BCUT2D eigenvalue weighted by Gasteiger charge is -2.06. The van der Waals surface area contributed by atoms with Crippen LogP contribution in [0.1, 0.15) is 21.7 Å². The zero-order chi connectivity index (χ0) is 20.5. The molecule has 0 aliphatic carbocycles. The molecule has 0 fully saturated rings. The van der Waals surface area contributed by atoms with Crippen LogP contribution >= 0.6 is 11.3 Å². The Bertz CT molecular complexity index is 1220. The van der Waals surface area contributed by atoms with Gasteiger partial charge in [0.05, 0.1) is 23.4 Å². The maximum Gasteiger partial charge on any atom is 0.350 e. The first-order valence-electron chi connectivity index (χ1n) is 8.69. The van der Waals surface area contributed by atoms with E-state index >= 15 is 0 Å². The van der Waals surface area contributed by atoms with Gasteiger partial charge in [0.25, 0.3) is 0 Å². The van der Waals surface area contributed by atoms with Gasteiger partial charge in [-0.25, -0.2) is 22.9 Å². The average Bonchev–Trinajstić information content (AvgIpc) is 3.26. The summed E-state index contributed by atoms with van der Waals surface area (Å²) in [5, 5.41) is 3.95. The first-order valence-corrected chi connectivity index (χ1v) is 9.57. The maximum absolute atomic E-state index is 14.6. The van der Waals surface area contributed by atoms with Gasteiger partial charge < -0.3 is 0 Å². The molecule has 0 aliphatic heterocycles. The van der Waals surface area contributed by atoms with E-state index < -0.39 is 23.1 Å². The Kier molecular flexibility index (Phi) is 5.06. The van der Waals surface area contributed by atoms with E-state index in [0.29, 0.717) is 12.0 Å². The van der Waals surface area contributed by atoms with Gasteiger partial charge in [0.2, 0.25) is 0 Å². The summed E-state index contributed by atoms with van der Waals surface area (Å²) < 4.78 is 44.3. The van der Waals surface area contributed by atoms with E-state index in [0.717, 1.165) is 32.0 Å². The number of nitrogens with zero attached hydrogens (tertiary/aromatic N) is 4. The normalized spacial score (nSPS) is 11.2. The second-order valence-corrected chi connectivity index (χ2v) is 7.41. The molecule has 5 nitrogen and oxygen atoms in total. The van der Waals surface area contributed by atoms with Gasteiger partial charge >= 0.3 is 5.69 Å². The predicted molar refractivity (Wildman–Crippen MR) is 103 cm³/mol. The zero-order valence-corrected chi connectivity index (χ0v) is 16.1. The van der Waals surface area contributed by atoms with Crippen molar-refractivity contribution in [3.05, 3.63) is 97.9 Å². The van der Waals surface area contributed by atoms with Gasteiger partial charge in [0.1, 0.15) is 23.8 Å². The quantitative estimate of drug-likeness (QED) is 0.497. The van der Waals surface area contributed by atoms with Crippen molar-refractivity contribution in [2.75, 3.05) is 0 Å². The van der Waals surface area contributed by atoms with Crippen molar-refractivity contribution in [3.8, 4) is 5.69 Å². The number of aryl methyl sites for hydroxylation is 1. The number of hydrogen-bond donors (Lipinski definition) is 0. The molecule has 0 saturated carbocycles. The standard InChI is InChI=1S/C20H15F3N4OS/c1-12-19(29-11-24-12)7-13-5-6-14(8-18(13)23)27-20(28)26(10-25-27)9-15-16(21)3-2-4-17(15)22/h2-6,8,10-11H,7,9H2,1H3. The van der Waals surface area contributed by atoms with Gasteiger partial charge in [0, 0.05) is 22.9 Å². The van der Waals surface area contributed by atoms with Crippen LogP contribution < -0.4 is 5.69 Å². The fraction of sp³-hybridized carbons (Fsp3) is 0.150. The molecule has 0 unspecified atom stereocenters. The summed E-state index contributed by atoms with van der Waals surface area (Å²) >= 11 is 1.45. The second-order valence-electron chi connectivity index (χ2n) is 6.47. The van der Waals surface area contributed by atoms with Gasteiger partial charge in [-0.05, 0) is 30.7 Å². The van der Waals surface area contributed by atoms with Gasteiger partial charge in [0.15, 0.2) is 0 Å². The number of rotatable bonds is 5. The molecule has 9 heteroatoms. The van der Waals surface area contributed by atoms with Crippen molar-refractivity contribution in [2.45, 2.75) is 19.9 Å². The van der Waals surface area contributed by atoms with Crippen LogP contribution in [0, 0.1) is 24.4 Å². The largest absolute Gasteiger partial charge is 0.350 e. The summed E-state index contributed by atoms with van der Waals surface area (Å²) in [4.78, 5) is 17.7. The molecular formula is C20H15F3N4OS. The van der Waals surface area contributed by atoms with Gasteiger partial charge in [-0.3, -0.25) is 4.57 Å². The number of benzene rings is 2. The Balaban J connectivity index is 1.62. The third-order valence-electron chi connectivity index (χ3n) is 4.60. The van der Waals surface area contributed by atoms with E-state index in [-0.39, 0.29) is 17.8 Å². The summed E-state index contributed by atoms with van der Waals surface area (Å²) in [6, 6.07) is 7.87. The lowest BCUT2D eigenvalue weighted by molar-refractivity contribution is 0.541. The fourth-order valence-electron chi connectivity index (χ4n) is 2.95. The number of thiazole rings is 1. The lowest BCUT2D eigenvalue weighted by Crippen LogP contribution is -2.24. The van der Waals surface area contributed by atoms with Crippen LogP contribution in [0.2, 0.25) is 0 Å². The van der Waals surface area contributed by atoms with Crippen LogP contribution in [-0.2, 0) is 13.0 Å². The molecule has 0 amide bonds. The highest BCUT2D eigenvalue weighted by Gasteiger charge is 2.15. The third-order valence-corrected chi connectivity index (χ3v) is 5.54. The van der Waals surface area contributed by atoms with E-state index in [2.05, 4.69) is 10.1 Å². The first-order chi connectivity index (χ1) is 13.9. The summed E-state index contributed by atoms with van der Waals surface area (Å²) in [7, 11) is 0. The van der Waals surface area contributed by atoms with Crippen LogP contribution in [0.4, 0.5) is 13.2 Å². The van der Waals surface area contributed by atoms with E-state index in [9.17, 15) is 18.0 Å². The molecule has 0 atom stereocenters. The zero-order valence-electron chi connectivity index (χ0n) is 15.3. The summed E-state index contributed by atoms with van der Waals surface area (Å²) in [6.07, 6.45) is 1.57. The summed E-state index contributed by atoms with van der Waals surface area (Å²) in [6.45, 7) is 1.55. The van der Waals surface area contributed by atoms with Crippen LogP contribution in [0.15, 0.2) is 53.0 Å². The molecule has 2 heterocycles. The Morgan fingerprint density at radius 3 is 2.48 bits per heavy atom. The van der Waals surface area contributed by atoms with Crippen molar-refractivity contribution in [1.82, 2.24) is 19.3 Å². The molecule has 0 N–H and O–H groups in total. The van der Waals surface area contributed by atoms with E-state index in [4.69, 9.17) is 0 Å². The maximum atomic E-state index is 14.6. The average molecular weight is 416 g/mol. The molecule has 0 aliphatic rings. The fourth-order valence-corrected chi connectivity index (χ4v) is 3.75. The molecule has 0 spiro atoms. The number of halogens is 3. The lowest BCUT2D eigenvalue weighted by atomic mass is 10.1. The van der Waals surface area contributed by atoms with Crippen LogP contribution in [-0.4, -0.2) is 19.3 Å². The summed E-state index contributed by atoms with van der Waals surface area (Å²) in [5.74, 6) is -1.98. The molecule has 0 bridgehead atoms. The topological polar surface area (TPSA) is 52.7 Å². The third kappa shape index (κ3) is 3.73. The molecule has 2 aromatic heterocycles. The smallest absolute Gasteiger partial charge is 0.276 e. The molecule has 4 rings (SSSR count). The van der Waals surface area contributed by atoms with E-state index in [1.165, 1.54) is 29.8 Å².